The van der Waals surface area contributed by atoms with Crippen LogP contribution in [0, 0.1) is 5.92 Å². The number of rotatable bonds is 7. The Morgan fingerprint density at radius 3 is 2.67 bits per heavy atom. The van der Waals surface area contributed by atoms with Gasteiger partial charge in [-0.1, -0.05) is 13.8 Å². The van der Waals surface area contributed by atoms with Gasteiger partial charge in [0.1, 0.15) is 0 Å². The molecule has 0 bridgehead atoms. The number of nitrogens with zero attached hydrogens (tertiary/aromatic N) is 3. The van der Waals surface area contributed by atoms with Gasteiger partial charge in [-0.2, -0.15) is 0 Å². The summed E-state index contributed by atoms with van der Waals surface area (Å²) in [7, 11) is -3.08. The van der Waals surface area contributed by atoms with Gasteiger partial charge in [0.15, 0.2) is 15.8 Å². The summed E-state index contributed by atoms with van der Waals surface area (Å²) in [5.74, 6) is 2.06. The minimum atomic E-state index is -3.08. The number of halogens is 1. The second-order valence-corrected chi connectivity index (χ2v) is 11.5. The van der Waals surface area contributed by atoms with E-state index in [4.69, 9.17) is 9.73 Å². The average Bonchev–Trinajstić information content (AvgIpc) is 2.60. The molecule has 0 saturated carbocycles. The summed E-state index contributed by atoms with van der Waals surface area (Å²) in [5, 5.41) is 3.29. The molecule has 1 saturated heterocycles. The van der Waals surface area contributed by atoms with Crippen molar-refractivity contribution in [2.24, 2.45) is 10.9 Å². The van der Waals surface area contributed by atoms with Gasteiger partial charge in [-0.3, -0.25) is 0 Å². The highest BCUT2D eigenvalue weighted by Crippen LogP contribution is 2.24. The lowest BCUT2D eigenvalue weighted by molar-refractivity contribution is 0.185. The molecule has 1 fully saturated rings. The zero-order chi connectivity index (χ0) is 21.7. The van der Waals surface area contributed by atoms with Crippen molar-refractivity contribution in [1.29, 1.82) is 0 Å². The summed E-state index contributed by atoms with van der Waals surface area (Å²) in [5.41, 5.74) is 1.01. The van der Waals surface area contributed by atoms with Crippen molar-refractivity contribution in [3.63, 3.8) is 0 Å². The van der Waals surface area contributed by atoms with Crippen LogP contribution < -0.4 is 10.1 Å². The maximum Gasteiger partial charge on any atom is 0.213 e. The van der Waals surface area contributed by atoms with Gasteiger partial charge < -0.3 is 15.0 Å². The number of ether oxygens (including phenoxy) is 1. The van der Waals surface area contributed by atoms with Crippen molar-refractivity contribution < 1.29 is 13.2 Å². The first-order valence-corrected chi connectivity index (χ1v) is 12.1. The predicted octanol–water partition coefficient (Wildman–Crippen LogP) is 3.49. The number of guanidine groups is 1. The van der Waals surface area contributed by atoms with Crippen LogP contribution in [-0.2, 0) is 16.4 Å². The second-order valence-electron chi connectivity index (χ2n) is 8.73. The minimum Gasteiger partial charge on any atom is -0.475 e. The molecule has 2 rings (SSSR count). The Morgan fingerprint density at radius 2 is 2.07 bits per heavy atom. The maximum atomic E-state index is 12.3. The van der Waals surface area contributed by atoms with E-state index in [2.05, 4.69) is 31.1 Å². The van der Waals surface area contributed by atoms with Gasteiger partial charge in [-0.15, -0.1) is 24.0 Å². The normalized spacial score (nSPS) is 19.2. The van der Waals surface area contributed by atoms with Gasteiger partial charge in [0.2, 0.25) is 5.88 Å². The molecule has 0 aliphatic carbocycles. The van der Waals surface area contributed by atoms with Crippen molar-refractivity contribution >= 4 is 39.8 Å². The fraction of sp³-hybridized carbons (Fsp3) is 0.714. The van der Waals surface area contributed by atoms with E-state index in [1.165, 1.54) is 0 Å². The number of aromatic nitrogens is 1. The molecule has 1 unspecified atom stereocenters. The Balaban J connectivity index is 0.00000450. The number of sulfone groups is 1. The molecule has 7 nitrogen and oxygen atoms in total. The largest absolute Gasteiger partial charge is 0.475 e. The fourth-order valence-corrected chi connectivity index (χ4v) is 4.81. The van der Waals surface area contributed by atoms with Crippen molar-refractivity contribution in [3.05, 3.63) is 23.9 Å². The molecule has 0 radical (unpaired) electrons. The molecule has 1 aromatic heterocycles. The lowest BCUT2D eigenvalue weighted by Gasteiger charge is -2.39. The number of nitrogens with one attached hydrogen (secondary N) is 1. The Labute approximate surface area is 199 Å². The quantitative estimate of drug-likeness (QED) is 0.317. The van der Waals surface area contributed by atoms with E-state index >= 15 is 0 Å². The molecule has 1 atom stereocenters. The third-order valence-electron chi connectivity index (χ3n) is 5.01. The summed E-state index contributed by atoms with van der Waals surface area (Å²) in [6.07, 6.45) is 2.82. The van der Waals surface area contributed by atoms with Crippen molar-refractivity contribution in [3.8, 4) is 5.88 Å². The van der Waals surface area contributed by atoms with Crippen LogP contribution in [0.1, 0.15) is 53.5 Å². The van der Waals surface area contributed by atoms with E-state index in [0.29, 0.717) is 31.4 Å². The van der Waals surface area contributed by atoms with Gasteiger partial charge in [0.25, 0.3) is 0 Å². The molecule has 1 aromatic rings. The van der Waals surface area contributed by atoms with Crippen LogP contribution >= 0.6 is 24.0 Å². The Morgan fingerprint density at radius 1 is 1.37 bits per heavy atom. The topological polar surface area (TPSA) is 83.9 Å². The van der Waals surface area contributed by atoms with Crippen LogP contribution in [0.15, 0.2) is 23.3 Å². The molecule has 0 aromatic carbocycles. The highest BCUT2D eigenvalue weighted by atomic mass is 127. The molecule has 9 heteroatoms. The summed E-state index contributed by atoms with van der Waals surface area (Å²) < 4.78 is 29.7. The van der Waals surface area contributed by atoms with Crippen LogP contribution in [0.5, 0.6) is 5.88 Å². The molecule has 2 heterocycles. The smallest absolute Gasteiger partial charge is 0.213 e. The first-order valence-electron chi connectivity index (χ1n) is 10.4. The molecule has 0 spiro atoms. The zero-order valence-corrected chi connectivity index (χ0v) is 22.2. The Kier molecular flexibility index (Phi) is 10.3. The number of hydrogen-bond acceptors (Lipinski definition) is 5. The van der Waals surface area contributed by atoms with E-state index in [1.54, 1.807) is 20.0 Å². The van der Waals surface area contributed by atoms with Crippen LogP contribution in [-0.4, -0.2) is 60.5 Å². The fourth-order valence-electron chi connectivity index (χ4n) is 3.45. The van der Waals surface area contributed by atoms with E-state index in [0.717, 1.165) is 24.5 Å². The second kappa shape index (κ2) is 11.5. The van der Waals surface area contributed by atoms with Crippen LogP contribution in [0.25, 0.3) is 0 Å². The number of pyridine rings is 1. The van der Waals surface area contributed by atoms with Crippen molar-refractivity contribution in [2.75, 3.05) is 25.4 Å². The van der Waals surface area contributed by atoms with Gasteiger partial charge in [-0.25, -0.2) is 18.4 Å². The molecule has 172 valence electrons. The third kappa shape index (κ3) is 7.55. The van der Waals surface area contributed by atoms with Gasteiger partial charge in [0.05, 0.1) is 23.1 Å². The summed E-state index contributed by atoms with van der Waals surface area (Å²) in [6, 6.07) is 3.85. The van der Waals surface area contributed by atoms with E-state index in [9.17, 15) is 8.42 Å². The minimum absolute atomic E-state index is 0. The Hall–Kier alpha value is -1.10. The van der Waals surface area contributed by atoms with Crippen molar-refractivity contribution in [2.45, 2.75) is 65.4 Å². The Bertz CT molecular complexity index is 812. The molecular formula is C21H37IN4O3S. The third-order valence-corrected chi connectivity index (χ3v) is 7.55. The van der Waals surface area contributed by atoms with Crippen LogP contribution in [0.2, 0.25) is 0 Å². The standard InChI is InChI=1S/C21H36N4O3S.HI/c1-7-22-20(25-10-11-29(26,27)21(5,6)15-25)24-14-18-8-9-23-19(13-18)28-17(4)12-16(2)3;/h8-9,13,16-17H,7,10-12,14-15H2,1-6H3,(H,22,24);1H. The monoisotopic (exact) mass is 552 g/mol. The molecule has 1 N–H and O–H groups in total. The summed E-state index contributed by atoms with van der Waals surface area (Å²) in [4.78, 5) is 11.1. The van der Waals surface area contributed by atoms with E-state index < -0.39 is 14.6 Å². The van der Waals surface area contributed by atoms with Gasteiger partial charge in [0, 0.05) is 31.9 Å². The zero-order valence-electron chi connectivity index (χ0n) is 19.0. The summed E-state index contributed by atoms with van der Waals surface area (Å²) >= 11 is 0. The highest BCUT2D eigenvalue weighted by Gasteiger charge is 2.40. The van der Waals surface area contributed by atoms with E-state index in [1.807, 2.05) is 24.0 Å². The van der Waals surface area contributed by atoms with E-state index in [-0.39, 0.29) is 35.8 Å². The predicted molar refractivity (Wildman–Crippen MR) is 133 cm³/mol. The SMILES string of the molecule is CCNC(=NCc1ccnc(OC(C)CC(C)C)c1)N1CCS(=O)(=O)C(C)(C)C1.I. The number of hydrogen-bond donors (Lipinski definition) is 1. The summed E-state index contributed by atoms with van der Waals surface area (Å²) in [6.45, 7) is 14.1. The van der Waals surface area contributed by atoms with Crippen LogP contribution in [0.4, 0.5) is 0 Å². The molecule has 30 heavy (non-hydrogen) atoms. The molecule has 1 aliphatic heterocycles. The molecule has 0 amide bonds. The average molecular weight is 553 g/mol. The maximum absolute atomic E-state index is 12.3. The lowest BCUT2D eigenvalue weighted by atomic mass is 10.1. The first kappa shape index (κ1) is 26.9. The first-order chi connectivity index (χ1) is 13.5. The van der Waals surface area contributed by atoms with Crippen molar-refractivity contribution in [1.82, 2.24) is 15.2 Å². The molecular weight excluding hydrogens is 515 g/mol. The number of aliphatic imine (C=N–C) groups is 1. The van der Waals surface area contributed by atoms with Gasteiger partial charge >= 0.3 is 0 Å². The van der Waals surface area contributed by atoms with Crippen LogP contribution in [0.3, 0.4) is 0 Å². The molecule has 1 aliphatic rings. The van der Waals surface area contributed by atoms with Gasteiger partial charge in [-0.05, 0) is 51.7 Å². The lowest BCUT2D eigenvalue weighted by Crippen LogP contribution is -2.57. The highest BCUT2D eigenvalue weighted by molar-refractivity contribution is 14.0.